The number of halogens is 2. The van der Waals surface area contributed by atoms with E-state index in [-0.39, 0.29) is 0 Å². The topological polar surface area (TPSA) is 28.7 Å². The van der Waals surface area contributed by atoms with E-state index in [0.29, 0.717) is 4.64 Å². The molecular formula is C12H10Br2N2S. The standard InChI is InChI=1S/C12H10Br2N2S/c1-6-5-8(13)3-4-9(6)11-15-7(2)10(14)12(17)16-11/h3-5H,1-2H3,(H,15,16,17). The van der Waals surface area contributed by atoms with Gasteiger partial charge in [0.1, 0.15) is 10.5 Å². The molecule has 0 bridgehead atoms. The minimum atomic E-state index is 0.582. The molecule has 0 amide bonds. The largest absolute Gasteiger partial charge is 0.342 e. The maximum Gasteiger partial charge on any atom is 0.144 e. The lowest BCUT2D eigenvalue weighted by Gasteiger charge is -2.08. The first-order chi connectivity index (χ1) is 7.99. The van der Waals surface area contributed by atoms with E-state index < -0.39 is 0 Å². The molecule has 0 aliphatic carbocycles. The average Bonchev–Trinajstić information content (AvgIpc) is 2.25. The Labute approximate surface area is 122 Å². The molecule has 0 unspecified atom stereocenters. The van der Waals surface area contributed by atoms with Gasteiger partial charge >= 0.3 is 0 Å². The summed E-state index contributed by atoms with van der Waals surface area (Å²) in [6.45, 7) is 4.02. The highest BCUT2D eigenvalue weighted by Crippen LogP contribution is 2.25. The summed E-state index contributed by atoms with van der Waals surface area (Å²) in [7, 11) is 0. The zero-order chi connectivity index (χ0) is 12.6. The number of benzene rings is 1. The molecule has 0 saturated carbocycles. The van der Waals surface area contributed by atoms with E-state index in [4.69, 9.17) is 12.2 Å². The minimum absolute atomic E-state index is 0.582. The van der Waals surface area contributed by atoms with Gasteiger partial charge in [0.15, 0.2) is 0 Å². The molecule has 0 spiro atoms. The number of rotatable bonds is 1. The molecule has 0 radical (unpaired) electrons. The lowest BCUT2D eigenvalue weighted by atomic mass is 10.1. The second-order valence-corrected chi connectivity index (χ2v) is 5.88. The van der Waals surface area contributed by atoms with Crippen LogP contribution in [-0.4, -0.2) is 9.97 Å². The first-order valence-corrected chi connectivity index (χ1v) is 7.01. The van der Waals surface area contributed by atoms with Crippen LogP contribution in [0.2, 0.25) is 0 Å². The third-order valence-corrected chi connectivity index (χ3v) is 4.50. The molecule has 0 atom stereocenters. The zero-order valence-electron chi connectivity index (χ0n) is 9.34. The van der Waals surface area contributed by atoms with Gasteiger partial charge in [-0.15, -0.1) is 0 Å². The van der Waals surface area contributed by atoms with Crippen LogP contribution < -0.4 is 0 Å². The van der Waals surface area contributed by atoms with Crippen LogP contribution in [0, 0.1) is 18.5 Å². The Hall–Kier alpha value is -0.520. The Bertz CT molecular complexity index is 635. The van der Waals surface area contributed by atoms with Gasteiger partial charge in [-0.1, -0.05) is 28.1 Å². The molecule has 0 saturated heterocycles. The fourth-order valence-corrected chi connectivity index (χ4v) is 2.50. The molecule has 2 nitrogen and oxygen atoms in total. The Kier molecular flexibility index (Phi) is 3.80. The van der Waals surface area contributed by atoms with E-state index in [0.717, 1.165) is 31.6 Å². The van der Waals surface area contributed by atoms with Crippen molar-refractivity contribution >= 4 is 44.1 Å². The predicted molar refractivity (Wildman–Crippen MR) is 79.7 cm³/mol. The van der Waals surface area contributed by atoms with Gasteiger partial charge in [0.2, 0.25) is 0 Å². The van der Waals surface area contributed by atoms with E-state index in [1.165, 1.54) is 0 Å². The summed E-state index contributed by atoms with van der Waals surface area (Å²) in [4.78, 5) is 7.64. The van der Waals surface area contributed by atoms with Gasteiger partial charge in [-0.05, 0) is 53.5 Å². The van der Waals surface area contributed by atoms with E-state index in [1.54, 1.807) is 0 Å². The van der Waals surface area contributed by atoms with E-state index in [1.807, 2.05) is 19.1 Å². The van der Waals surface area contributed by atoms with Gasteiger partial charge in [-0.2, -0.15) is 0 Å². The number of H-pyrrole nitrogens is 1. The van der Waals surface area contributed by atoms with Crippen LogP contribution in [0.3, 0.4) is 0 Å². The fourth-order valence-electron chi connectivity index (χ4n) is 1.59. The highest BCUT2D eigenvalue weighted by molar-refractivity contribution is 9.10. The number of hydrogen-bond donors (Lipinski definition) is 1. The van der Waals surface area contributed by atoms with Gasteiger partial charge < -0.3 is 4.98 Å². The van der Waals surface area contributed by atoms with Crippen molar-refractivity contribution in [3.63, 3.8) is 0 Å². The molecule has 5 heteroatoms. The number of aromatic amines is 1. The van der Waals surface area contributed by atoms with Crippen LogP contribution in [0.15, 0.2) is 27.1 Å². The molecule has 1 heterocycles. The zero-order valence-corrected chi connectivity index (χ0v) is 13.3. The third-order valence-electron chi connectivity index (χ3n) is 2.48. The van der Waals surface area contributed by atoms with Crippen molar-refractivity contribution in [3.05, 3.63) is 43.0 Å². The van der Waals surface area contributed by atoms with Crippen LogP contribution in [0.4, 0.5) is 0 Å². The third kappa shape index (κ3) is 2.67. The molecule has 2 aromatic rings. The Morgan fingerprint density at radius 1 is 1.24 bits per heavy atom. The number of nitrogens with zero attached hydrogens (tertiary/aromatic N) is 1. The number of aromatic nitrogens is 2. The van der Waals surface area contributed by atoms with Crippen molar-refractivity contribution in [2.75, 3.05) is 0 Å². The molecule has 0 aliphatic rings. The Balaban J connectivity index is 2.65. The summed E-state index contributed by atoms with van der Waals surface area (Å²) in [6.07, 6.45) is 0. The number of hydrogen-bond acceptors (Lipinski definition) is 2. The van der Waals surface area contributed by atoms with Gasteiger partial charge in [-0.25, -0.2) is 4.98 Å². The Morgan fingerprint density at radius 2 is 1.94 bits per heavy atom. The van der Waals surface area contributed by atoms with Gasteiger partial charge in [0.05, 0.1) is 4.47 Å². The maximum absolute atomic E-state index is 5.21. The van der Waals surface area contributed by atoms with Crippen LogP contribution in [0.25, 0.3) is 11.4 Å². The highest BCUT2D eigenvalue weighted by atomic mass is 79.9. The fraction of sp³-hybridized carbons (Fsp3) is 0.167. The van der Waals surface area contributed by atoms with Crippen molar-refractivity contribution in [2.24, 2.45) is 0 Å². The molecule has 0 aliphatic heterocycles. The van der Waals surface area contributed by atoms with Crippen molar-refractivity contribution < 1.29 is 0 Å². The normalized spacial score (nSPS) is 10.6. The first kappa shape index (κ1) is 12.9. The van der Waals surface area contributed by atoms with Crippen molar-refractivity contribution in [2.45, 2.75) is 13.8 Å². The van der Waals surface area contributed by atoms with Gasteiger partial charge in [0, 0.05) is 15.7 Å². The predicted octanol–water partition coefficient (Wildman–Crippen LogP) is 4.95. The molecule has 1 N–H and O–H groups in total. The van der Waals surface area contributed by atoms with Crippen molar-refractivity contribution in [3.8, 4) is 11.4 Å². The lowest BCUT2D eigenvalue weighted by molar-refractivity contribution is 1.08. The average molecular weight is 374 g/mol. The highest BCUT2D eigenvalue weighted by Gasteiger charge is 2.07. The molecule has 17 heavy (non-hydrogen) atoms. The summed E-state index contributed by atoms with van der Waals surface area (Å²) >= 11 is 12.1. The molecule has 2 rings (SSSR count). The molecule has 0 fully saturated rings. The summed E-state index contributed by atoms with van der Waals surface area (Å²) in [5.74, 6) is 0.806. The van der Waals surface area contributed by atoms with Gasteiger partial charge in [0.25, 0.3) is 0 Å². The number of aryl methyl sites for hydroxylation is 2. The quantitative estimate of drug-likeness (QED) is 0.716. The maximum atomic E-state index is 5.21. The summed E-state index contributed by atoms with van der Waals surface area (Å²) < 4.78 is 2.50. The molecule has 1 aromatic carbocycles. The SMILES string of the molecule is Cc1cc(Br)ccc1-c1nc(=S)c(Br)c(C)[nH]1. The Morgan fingerprint density at radius 3 is 2.53 bits per heavy atom. The molecule has 88 valence electrons. The van der Waals surface area contributed by atoms with E-state index in [9.17, 15) is 0 Å². The molecular weight excluding hydrogens is 364 g/mol. The summed E-state index contributed by atoms with van der Waals surface area (Å²) in [5.41, 5.74) is 3.21. The molecule has 1 aromatic heterocycles. The van der Waals surface area contributed by atoms with Crippen LogP contribution in [-0.2, 0) is 0 Å². The second kappa shape index (κ2) is 5.00. The first-order valence-electron chi connectivity index (χ1n) is 5.02. The number of nitrogens with one attached hydrogen (secondary N) is 1. The smallest absolute Gasteiger partial charge is 0.144 e. The van der Waals surface area contributed by atoms with Crippen LogP contribution in [0.5, 0.6) is 0 Å². The summed E-state index contributed by atoms with van der Waals surface area (Å²) in [6, 6.07) is 6.09. The second-order valence-electron chi connectivity index (χ2n) is 3.79. The van der Waals surface area contributed by atoms with Crippen LogP contribution >= 0.6 is 44.1 Å². The monoisotopic (exact) mass is 372 g/mol. The van der Waals surface area contributed by atoms with E-state index in [2.05, 4.69) is 54.8 Å². The van der Waals surface area contributed by atoms with Gasteiger partial charge in [-0.3, -0.25) is 0 Å². The van der Waals surface area contributed by atoms with Crippen molar-refractivity contribution in [1.29, 1.82) is 0 Å². The van der Waals surface area contributed by atoms with Crippen LogP contribution in [0.1, 0.15) is 11.3 Å². The minimum Gasteiger partial charge on any atom is -0.342 e. The lowest BCUT2D eigenvalue weighted by Crippen LogP contribution is -1.95. The van der Waals surface area contributed by atoms with E-state index >= 15 is 0 Å². The summed E-state index contributed by atoms with van der Waals surface area (Å²) in [5, 5.41) is 0. The van der Waals surface area contributed by atoms with Crippen molar-refractivity contribution in [1.82, 2.24) is 9.97 Å².